The fourth-order valence-corrected chi connectivity index (χ4v) is 3.10. The number of carbonyl (C=O) groups excluding carboxylic acids is 2. The van der Waals surface area contributed by atoms with Gasteiger partial charge < -0.3 is 15.5 Å². The van der Waals surface area contributed by atoms with Crippen molar-refractivity contribution in [1.82, 2.24) is 10.6 Å². The molecule has 3 rings (SSSR count). The lowest BCUT2D eigenvalue weighted by molar-refractivity contribution is -0.138. The van der Waals surface area contributed by atoms with Crippen LogP contribution in [0.25, 0.3) is 0 Å². The molecule has 112 valence electrons. The van der Waals surface area contributed by atoms with E-state index < -0.39 is 11.8 Å². The summed E-state index contributed by atoms with van der Waals surface area (Å²) < 4.78 is 0. The highest BCUT2D eigenvalue weighted by atomic mass is 16.2. The van der Waals surface area contributed by atoms with Gasteiger partial charge >= 0.3 is 11.8 Å². The molecule has 5 heteroatoms. The van der Waals surface area contributed by atoms with Crippen LogP contribution in [0.5, 0.6) is 0 Å². The smallest absolute Gasteiger partial charge is 0.316 e. The van der Waals surface area contributed by atoms with E-state index in [4.69, 9.17) is 0 Å². The van der Waals surface area contributed by atoms with Crippen molar-refractivity contribution in [2.75, 3.05) is 31.1 Å². The molecule has 21 heavy (non-hydrogen) atoms. The Morgan fingerprint density at radius 1 is 1.14 bits per heavy atom. The van der Waals surface area contributed by atoms with E-state index in [1.54, 1.807) is 4.90 Å². The molecule has 2 amide bonds. The van der Waals surface area contributed by atoms with Gasteiger partial charge in [0.2, 0.25) is 0 Å². The number of amides is 2. The average molecular weight is 287 g/mol. The Balaban J connectivity index is 1.73. The molecule has 2 N–H and O–H groups in total. The van der Waals surface area contributed by atoms with Crippen molar-refractivity contribution in [3.8, 4) is 0 Å². The Kier molecular flexibility index (Phi) is 4.20. The van der Waals surface area contributed by atoms with Crippen LogP contribution in [0.15, 0.2) is 24.3 Å². The molecule has 0 radical (unpaired) electrons. The van der Waals surface area contributed by atoms with E-state index in [9.17, 15) is 9.59 Å². The lowest BCUT2D eigenvalue weighted by Crippen LogP contribution is -2.52. The normalized spacial score (nSPS) is 20.5. The van der Waals surface area contributed by atoms with Crippen molar-refractivity contribution in [3.05, 3.63) is 29.8 Å². The molecule has 0 aromatic heterocycles. The molecule has 1 aromatic carbocycles. The summed E-state index contributed by atoms with van der Waals surface area (Å²) in [6, 6.07) is 8.05. The number of benzene rings is 1. The summed E-state index contributed by atoms with van der Waals surface area (Å²) in [6.45, 7) is 3.24. The van der Waals surface area contributed by atoms with Gasteiger partial charge in [-0.15, -0.1) is 0 Å². The largest absolute Gasteiger partial charge is 0.346 e. The Bertz CT molecular complexity index is 538. The van der Waals surface area contributed by atoms with E-state index in [0.717, 1.165) is 25.2 Å². The van der Waals surface area contributed by atoms with Gasteiger partial charge in [0.15, 0.2) is 0 Å². The SMILES string of the molecule is O=C1NCCN(c2cccc(CC3CCNCC3)c2)C1=O. The van der Waals surface area contributed by atoms with Crippen molar-refractivity contribution in [3.63, 3.8) is 0 Å². The first-order valence-corrected chi connectivity index (χ1v) is 7.63. The number of anilines is 1. The number of carbonyl (C=O) groups is 2. The van der Waals surface area contributed by atoms with Crippen LogP contribution >= 0.6 is 0 Å². The molecule has 0 unspecified atom stereocenters. The first kappa shape index (κ1) is 14.1. The highest BCUT2D eigenvalue weighted by Gasteiger charge is 2.27. The summed E-state index contributed by atoms with van der Waals surface area (Å²) in [5.41, 5.74) is 2.08. The first-order valence-electron chi connectivity index (χ1n) is 7.63. The minimum Gasteiger partial charge on any atom is -0.346 e. The maximum absolute atomic E-state index is 11.9. The lowest BCUT2D eigenvalue weighted by Gasteiger charge is -2.27. The summed E-state index contributed by atoms with van der Waals surface area (Å²) in [4.78, 5) is 25.0. The number of piperazine rings is 1. The van der Waals surface area contributed by atoms with Crippen LogP contribution in [0, 0.1) is 5.92 Å². The second kappa shape index (κ2) is 6.26. The minimum atomic E-state index is -0.509. The molecular formula is C16H21N3O2. The Morgan fingerprint density at radius 3 is 2.76 bits per heavy atom. The maximum Gasteiger partial charge on any atom is 0.316 e. The third-order valence-corrected chi connectivity index (χ3v) is 4.27. The zero-order chi connectivity index (χ0) is 14.7. The zero-order valence-electron chi connectivity index (χ0n) is 12.1. The standard InChI is InChI=1S/C16H21N3O2/c20-15-16(21)19(9-8-18-15)14-3-1-2-13(11-14)10-12-4-6-17-7-5-12/h1-3,11-12,17H,4-10H2,(H,18,20). The van der Waals surface area contributed by atoms with Crippen LogP contribution < -0.4 is 15.5 Å². The molecule has 2 saturated heterocycles. The van der Waals surface area contributed by atoms with Gasteiger partial charge in [-0.25, -0.2) is 0 Å². The number of rotatable bonds is 3. The van der Waals surface area contributed by atoms with Gasteiger partial charge in [-0.1, -0.05) is 12.1 Å². The number of hydrogen-bond acceptors (Lipinski definition) is 3. The average Bonchev–Trinajstić information content (AvgIpc) is 2.51. The van der Waals surface area contributed by atoms with Crippen LogP contribution in [-0.2, 0) is 16.0 Å². The topological polar surface area (TPSA) is 61.4 Å². The summed E-state index contributed by atoms with van der Waals surface area (Å²) >= 11 is 0. The summed E-state index contributed by atoms with van der Waals surface area (Å²) in [7, 11) is 0. The predicted molar refractivity (Wildman–Crippen MR) is 81.1 cm³/mol. The first-order chi connectivity index (χ1) is 10.2. The molecule has 0 bridgehead atoms. The van der Waals surface area contributed by atoms with Crippen LogP contribution in [-0.4, -0.2) is 38.0 Å². The Labute approximate surface area is 124 Å². The molecule has 0 saturated carbocycles. The van der Waals surface area contributed by atoms with Gasteiger partial charge in [-0.05, 0) is 56.0 Å². The number of nitrogens with zero attached hydrogens (tertiary/aromatic N) is 1. The van der Waals surface area contributed by atoms with Crippen LogP contribution in [0.3, 0.4) is 0 Å². The van der Waals surface area contributed by atoms with Gasteiger partial charge in [0.25, 0.3) is 0 Å². The minimum absolute atomic E-state index is 0.458. The van der Waals surface area contributed by atoms with Crippen LogP contribution in [0.1, 0.15) is 18.4 Å². The van der Waals surface area contributed by atoms with Crippen LogP contribution in [0.4, 0.5) is 5.69 Å². The van der Waals surface area contributed by atoms with Crippen LogP contribution in [0.2, 0.25) is 0 Å². The van der Waals surface area contributed by atoms with E-state index in [1.165, 1.54) is 18.4 Å². The highest BCUT2D eigenvalue weighted by Crippen LogP contribution is 2.22. The zero-order valence-corrected chi connectivity index (χ0v) is 12.1. The van der Waals surface area contributed by atoms with Gasteiger partial charge in [-0.3, -0.25) is 9.59 Å². The van der Waals surface area contributed by atoms with Gasteiger partial charge in [-0.2, -0.15) is 0 Å². The quantitative estimate of drug-likeness (QED) is 0.804. The van der Waals surface area contributed by atoms with E-state index >= 15 is 0 Å². The van der Waals surface area contributed by atoms with Crippen molar-refractivity contribution in [1.29, 1.82) is 0 Å². The maximum atomic E-state index is 11.9. The van der Waals surface area contributed by atoms with E-state index in [1.807, 2.05) is 12.1 Å². The van der Waals surface area contributed by atoms with Gasteiger partial charge in [0, 0.05) is 18.8 Å². The molecule has 5 nitrogen and oxygen atoms in total. The van der Waals surface area contributed by atoms with E-state index in [2.05, 4.69) is 22.8 Å². The van der Waals surface area contributed by atoms with Gasteiger partial charge in [0.1, 0.15) is 0 Å². The lowest BCUT2D eigenvalue weighted by atomic mass is 9.91. The van der Waals surface area contributed by atoms with Crippen molar-refractivity contribution >= 4 is 17.5 Å². The highest BCUT2D eigenvalue weighted by molar-refractivity contribution is 6.41. The second-order valence-electron chi connectivity index (χ2n) is 5.78. The summed E-state index contributed by atoms with van der Waals surface area (Å²) in [6.07, 6.45) is 3.45. The van der Waals surface area contributed by atoms with Gasteiger partial charge in [0.05, 0.1) is 0 Å². The monoisotopic (exact) mass is 287 g/mol. The van der Waals surface area contributed by atoms with Crippen molar-refractivity contribution in [2.45, 2.75) is 19.3 Å². The van der Waals surface area contributed by atoms with E-state index in [-0.39, 0.29) is 0 Å². The molecule has 0 spiro atoms. The third-order valence-electron chi connectivity index (χ3n) is 4.27. The summed E-state index contributed by atoms with van der Waals surface area (Å²) in [5, 5.41) is 5.95. The molecule has 2 aliphatic heterocycles. The fourth-order valence-electron chi connectivity index (χ4n) is 3.10. The fraction of sp³-hybridized carbons (Fsp3) is 0.500. The van der Waals surface area contributed by atoms with Crippen molar-refractivity contribution in [2.24, 2.45) is 5.92 Å². The molecule has 2 aliphatic rings. The Hall–Kier alpha value is -1.88. The number of piperidine rings is 1. The second-order valence-corrected chi connectivity index (χ2v) is 5.78. The molecule has 2 heterocycles. The summed E-state index contributed by atoms with van der Waals surface area (Å²) in [5.74, 6) is -0.257. The number of hydrogen-bond donors (Lipinski definition) is 2. The molecule has 0 atom stereocenters. The van der Waals surface area contributed by atoms with Crippen molar-refractivity contribution < 1.29 is 9.59 Å². The predicted octanol–water partition coefficient (Wildman–Crippen LogP) is 0.691. The Morgan fingerprint density at radius 2 is 1.95 bits per heavy atom. The molecule has 1 aromatic rings. The molecule has 2 fully saturated rings. The molecular weight excluding hydrogens is 266 g/mol. The van der Waals surface area contributed by atoms with E-state index in [0.29, 0.717) is 19.0 Å². The third kappa shape index (κ3) is 3.24. The molecule has 0 aliphatic carbocycles. The number of nitrogens with one attached hydrogen (secondary N) is 2.